The third-order valence-electron chi connectivity index (χ3n) is 4.47. The van der Waals surface area contributed by atoms with E-state index in [1.165, 1.54) is 17.7 Å². The van der Waals surface area contributed by atoms with Gasteiger partial charge in [-0.25, -0.2) is 14.8 Å². The maximum atomic E-state index is 12.7. The van der Waals surface area contributed by atoms with Gasteiger partial charge in [0.25, 0.3) is 0 Å². The van der Waals surface area contributed by atoms with Gasteiger partial charge in [0.2, 0.25) is 0 Å². The fourth-order valence-electron chi connectivity index (χ4n) is 3.04. The molecule has 2 aromatic carbocycles. The first-order valence-electron chi connectivity index (χ1n) is 9.09. The van der Waals surface area contributed by atoms with E-state index in [1.807, 2.05) is 61.5 Å². The highest BCUT2D eigenvalue weighted by molar-refractivity contribution is 9.10. The van der Waals surface area contributed by atoms with Gasteiger partial charge in [-0.3, -0.25) is 0 Å². The largest absolute Gasteiger partial charge is 0.461 e. The maximum Gasteiger partial charge on any atom is 0.348 e. The Morgan fingerprint density at radius 3 is 2.76 bits per heavy atom. The van der Waals surface area contributed by atoms with Crippen LogP contribution in [0.1, 0.15) is 20.8 Å². The number of esters is 1. The molecule has 0 aliphatic rings. The summed E-state index contributed by atoms with van der Waals surface area (Å²) in [6, 6.07) is 17.8. The molecule has 0 fully saturated rings. The minimum atomic E-state index is -0.324. The quantitative estimate of drug-likeness (QED) is 0.357. The normalized spacial score (nSPS) is 10.8. The van der Waals surface area contributed by atoms with Gasteiger partial charge >= 0.3 is 5.97 Å². The van der Waals surface area contributed by atoms with Crippen LogP contribution in [0.15, 0.2) is 65.4 Å². The van der Waals surface area contributed by atoms with Crippen molar-refractivity contribution in [3.63, 3.8) is 0 Å². The summed E-state index contributed by atoms with van der Waals surface area (Å²) in [5.74, 6) is 0.347. The molecule has 2 heterocycles. The number of nitrogens with zero attached hydrogens (tertiary/aromatic N) is 2. The van der Waals surface area contributed by atoms with E-state index in [2.05, 4.69) is 31.2 Å². The van der Waals surface area contributed by atoms with Crippen LogP contribution in [0, 0.1) is 6.92 Å². The van der Waals surface area contributed by atoms with Crippen molar-refractivity contribution in [1.29, 1.82) is 0 Å². The molecular formula is C22H18BrN3O2S. The Hall–Kier alpha value is -2.77. The van der Waals surface area contributed by atoms with Crippen molar-refractivity contribution in [1.82, 2.24) is 9.97 Å². The van der Waals surface area contributed by atoms with Gasteiger partial charge in [-0.05, 0) is 36.2 Å². The van der Waals surface area contributed by atoms with Crippen molar-refractivity contribution in [3.05, 3.63) is 81.4 Å². The number of fused-ring (bicyclic) bond motifs is 1. The van der Waals surface area contributed by atoms with E-state index in [0.717, 1.165) is 31.5 Å². The predicted octanol–water partition coefficient (Wildman–Crippen LogP) is 5.91. The number of anilines is 2. The fraction of sp³-hybridized carbons (Fsp3) is 0.136. The van der Waals surface area contributed by atoms with Gasteiger partial charge in [-0.15, -0.1) is 11.3 Å². The molecule has 0 spiro atoms. The van der Waals surface area contributed by atoms with Gasteiger partial charge in [0.1, 0.15) is 21.9 Å². The lowest BCUT2D eigenvalue weighted by Gasteiger charge is -2.08. The van der Waals surface area contributed by atoms with Gasteiger partial charge in [0.15, 0.2) is 0 Å². The molecule has 4 aromatic rings. The number of hydrogen-bond acceptors (Lipinski definition) is 6. The highest BCUT2D eigenvalue weighted by Gasteiger charge is 2.20. The number of hydrogen-bond donors (Lipinski definition) is 1. The van der Waals surface area contributed by atoms with Crippen LogP contribution in [0.4, 0.5) is 11.5 Å². The molecule has 0 aliphatic heterocycles. The summed E-state index contributed by atoms with van der Waals surface area (Å²) in [5.41, 5.74) is 2.87. The Kier molecular flexibility index (Phi) is 5.87. The zero-order chi connectivity index (χ0) is 20.2. The number of halogens is 1. The van der Waals surface area contributed by atoms with Crippen molar-refractivity contribution in [2.75, 3.05) is 11.9 Å². The molecule has 0 unspecified atom stereocenters. The zero-order valence-electron chi connectivity index (χ0n) is 15.7. The van der Waals surface area contributed by atoms with Crippen molar-refractivity contribution >= 4 is 55.0 Å². The van der Waals surface area contributed by atoms with E-state index >= 15 is 0 Å². The summed E-state index contributed by atoms with van der Waals surface area (Å²) < 4.78 is 6.48. The molecule has 1 N–H and O–H groups in total. The second-order valence-corrected chi connectivity index (χ2v) is 8.38. The first-order chi connectivity index (χ1) is 14.1. The number of aromatic nitrogens is 2. The molecule has 0 radical (unpaired) electrons. The molecule has 4 rings (SSSR count). The van der Waals surface area contributed by atoms with Crippen molar-refractivity contribution < 1.29 is 9.53 Å². The number of benzene rings is 2. The number of aryl methyl sites for hydroxylation is 1. The molecule has 29 heavy (non-hydrogen) atoms. The summed E-state index contributed by atoms with van der Waals surface area (Å²) in [5, 5.41) is 4.16. The Morgan fingerprint density at radius 2 is 1.97 bits per heavy atom. The van der Waals surface area contributed by atoms with Gasteiger partial charge in [-0.2, -0.15) is 0 Å². The van der Waals surface area contributed by atoms with E-state index in [1.54, 1.807) is 0 Å². The van der Waals surface area contributed by atoms with Gasteiger partial charge in [0, 0.05) is 16.6 Å². The van der Waals surface area contributed by atoms with E-state index in [-0.39, 0.29) is 5.97 Å². The first kappa shape index (κ1) is 19.5. The lowest BCUT2D eigenvalue weighted by Crippen LogP contribution is -2.07. The molecule has 146 valence electrons. The Bertz CT molecular complexity index is 1160. The SMILES string of the molecule is Cc1c(C(=O)OCCc2ccccc2)sc2ncnc(Nc3cccc(Br)c3)c12. The summed E-state index contributed by atoms with van der Waals surface area (Å²) in [4.78, 5) is 22.7. The Morgan fingerprint density at radius 1 is 1.14 bits per heavy atom. The average Bonchev–Trinajstić information content (AvgIpc) is 3.06. The number of carbonyl (C=O) groups is 1. The number of ether oxygens (including phenoxy) is 1. The zero-order valence-corrected chi connectivity index (χ0v) is 18.1. The molecule has 0 bridgehead atoms. The van der Waals surface area contributed by atoms with E-state index < -0.39 is 0 Å². The van der Waals surface area contributed by atoms with Crippen molar-refractivity contribution in [2.45, 2.75) is 13.3 Å². The summed E-state index contributed by atoms with van der Waals surface area (Å²) in [6.07, 6.45) is 2.19. The maximum absolute atomic E-state index is 12.7. The molecule has 2 aromatic heterocycles. The van der Waals surface area contributed by atoms with Crippen LogP contribution in [0.25, 0.3) is 10.2 Å². The third-order valence-corrected chi connectivity index (χ3v) is 6.14. The molecule has 0 atom stereocenters. The molecule has 0 aliphatic carbocycles. The van der Waals surface area contributed by atoms with Gasteiger partial charge in [0.05, 0.1) is 12.0 Å². The molecule has 5 nitrogen and oxygen atoms in total. The van der Waals surface area contributed by atoms with Crippen LogP contribution in [0.2, 0.25) is 0 Å². The molecular weight excluding hydrogens is 450 g/mol. The third kappa shape index (κ3) is 4.46. The molecule has 0 saturated carbocycles. The number of thiophene rings is 1. The average molecular weight is 468 g/mol. The van der Waals surface area contributed by atoms with E-state index in [0.29, 0.717) is 23.7 Å². The molecule has 0 saturated heterocycles. The second-order valence-electron chi connectivity index (χ2n) is 6.47. The lowest BCUT2D eigenvalue weighted by molar-refractivity contribution is 0.0514. The Balaban J connectivity index is 1.54. The Labute approximate surface area is 180 Å². The van der Waals surface area contributed by atoms with Crippen LogP contribution in [0.3, 0.4) is 0 Å². The standard InChI is InChI=1S/C22H18BrN3O2S/c1-14-18-20(26-17-9-5-8-16(23)12-17)24-13-25-21(18)29-19(14)22(27)28-11-10-15-6-3-2-4-7-15/h2-9,12-13H,10-11H2,1H3,(H,24,25,26). The van der Waals surface area contributed by atoms with Crippen LogP contribution < -0.4 is 5.32 Å². The molecule has 7 heteroatoms. The number of nitrogens with one attached hydrogen (secondary N) is 1. The number of carbonyl (C=O) groups excluding carboxylic acids is 1. The molecule has 0 amide bonds. The van der Waals surface area contributed by atoms with Crippen LogP contribution in [-0.2, 0) is 11.2 Å². The van der Waals surface area contributed by atoms with Gasteiger partial charge in [-0.1, -0.05) is 52.3 Å². The minimum Gasteiger partial charge on any atom is -0.461 e. The minimum absolute atomic E-state index is 0.324. The number of rotatable bonds is 6. The van der Waals surface area contributed by atoms with Crippen LogP contribution >= 0.6 is 27.3 Å². The second kappa shape index (κ2) is 8.71. The van der Waals surface area contributed by atoms with E-state index in [9.17, 15) is 4.79 Å². The first-order valence-corrected chi connectivity index (χ1v) is 10.7. The summed E-state index contributed by atoms with van der Waals surface area (Å²) in [7, 11) is 0. The fourth-order valence-corrected chi connectivity index (χ4v) is 4.48. The smallest absolute Gasteiger partial charge is 0.348 e. The van der Waals surface area contributed by atoms with E-state index in [4.69, 9.17) is 4.74 Å². The topological polar surface area (TPSA) is 64.1 Å². The summed E-state index contributed by atoms with van der Waals surface area (Å²) in [6.45, 7) is 2.24. The highest BCUT2D eigenvalue weighted by atomic mass is 79.9. The monoisotopic (exact) mass is 467 g/mol. The van der Waals surface area contributed by atoms with Gasteiger partial charge < -0.3 is 10.1 Å². The predicted molar refractivity (Wildman–Crippen MR) is 120 cm³/mol. The van der Waals surface area contributed by atoms with Crippen molar-refractivity contribution in [2.24, 2.45) is 0 Å². The van der Waals surface area contributed by atoms with Crippen molar-refractivity contribution in [3.8, 4) is 0 Å². The lowest BCUT2D eigenvalue weighted by atomic mass is 10.2. The summed E-state index contributed by atoms with van der Waals surface area (Å²) >= 11 is 4.80. The van der Waals surface area contributed by atoms with Crippen LogP contribution in [0.5, 0.6) is 0 Å². The highest BCUT2D eigenvalue weighted by Crippen LogP contribution is 2.35. The van der Waals surface area contributed by atoms with Crippen LogP contribution in [-0.4, -0.2) is 22.5 Å².